The van der Waals surface area contributed by atoms with Gasteiger partial charge in [0.25, 0.3) is 5.56 Å². The van der Waals surface area contributed by atoms with E-state index < -0.39 is 34.6 Å². The monoisotopic (exact) mass is 295 g/mol. The van der Waals surface area contributed by atoms with E-state index >= 15 is 0 Å². The van der Waals surface area contributed by atoms with Gasteiger partial charge in [-0.25, -0.2) is 4.79 Å². The molecule has 1 fully saturated rings. The van der Waals surface area contributed by atoms with E-state index in [0.29, 0.717) is 12.8 Å². The lowest BCUT2D eigenvalue weighted by Crippen LogP contribution is -2.48. The van der Waals surface area contributed by atoms with Gasteiger partial charge in [-0.2, -0.15) is 0 Å². The second-order valence-corrected chi connectivity index (χ2v) is 5.47. The average molecular weight is 295 g/mol. The van der Waals surface area contributed by atoms with Crippen LogP contribution in [0.4, 0.5) is 0 Å². The van der Waals surface area contributed by atoms with Crippen LogP contribution in [0.15, 0.2) is 21.9 Å². The highest BCUT2D eigenvalue weighted by molar-refractivity contribution is 5.80. The lowest BCUT2D eigenvalue weighted by molar-refractivity contribution is -0.149. The minimum absolute atomic E-state index is 0.262. The highest BCUT2D eigenvalue weighted by Gasteiger charge is 2.45. The minimum Gasteiger partial charge on any atom is -0.481 e. The molecule has 21 heavy (non-hydrogen) atoms. The molecule has 1 amide bonds. The number of carboxylic acids is 1. The van der Waals surface area contributed by atoms with Crippen molar-refractivity contribution in [3.05, 3.63) is 33.1 Å². The topological polar surface area (TPSA) is 121 Å². The van der Waals surface area contributed by atoms with E-state index in [2.05, 4.69) is 5.32 Å². The van der Waals surface area contributed by atoms with Crippen molar-refractivity contribution >= 4 is 11.9 Å². The molecular weight excluding hydrogens is 278 g/mol. The first-order valence-corrected chi connectivity index (χ1v) is 6.65. The fourth-order valence-electron chi connectivity index (χ4n) is 2.62. The molecule has 0 saturated heterocycles. The predicted octanol–water partition coefficient (Wildman–Crippen LogP) is -0.704. The summed E-state index contributed by atoms with van der Waals surface area (Å²) in [5.41, 5.74) is -2.19. The van der Waals surface area contributed by atoms with Crippen LogP contribution >= 0.6 is 0 Å². The van der Waals surface area contributed by atoms with Crippen molar-refractivity contribution in [2.45, 2.75) is 38.8 Å². The summed E-state index contributed by atoms with van der Waals surface area (Å²) in [5, 5.41) is 11.9. The molecule has 0 bridgehead atoms. The van der Waals surface area contributed by atoms with Crippen molar-refractivity contribution in [3.8, 4) is 0 Å². The van der Waals surface area contributed by atoms with Crippen LogP contribution in [-0.4, -0.2) is 32.6 Å². The van der Waals surface area contributed by atoms with Gasteiger partial charge in [-0.3, -0.25) is 23.9 Å². The largest absolute Gasteiger partial charge is 0.481 e. The zero-order chi connectivity index (χ0) is 15.6. The number of carbonyl (C=O) groups is 2. The summed E-state index contributed by atoms with van der Waals surface area (Å²) in [7, 11) is 0. The Balaban J connectivity index is 2.07. The Morgan fingerprint density at radius 2 is 2.24 bits per heavy atom. The molecule has 8 nitrogen and oxygen atoms in total. The van der Waals surface area contributed by atoms with Crippen molar-refractivity contribution in [3.63, 3.8) is 0 Å². The second kappa shape index (κ2) is 5.55. The number of nitrogens with one attached hydrogen (secondary N) is 2. The Kier molecular flexibility index (Phi) is 3.97. The van der Waals surface area contributed by atoms with Gasteiger partial charge in [-0.15, -0.1) is 0 Å². The molecule has 0 aliphatic heterocycles. The standard InChI is InChI=1S/C13H17N3O5/c1-13(11(19)20)5-2-3-8(13)14-10(18)7-16-6-4-9(17)15-12(16)21/h4,6,8H,2-3,5,7H2,1H3,(H,14,18)(H,19,20)(H,15,17,21). The van der Waals surface area contributed by atoms with Crippen molar-refractivity contribution in [2.24, 2.45) is 5.41 Å². The number of hydrogen-bond acceptors (Lipinski definition) is 4. The number of aromatic nitrogens is 2. The van der Waals surface area contributed by atoms with Crippen LogP contribution < -0.4 is 16.6 Å². The Labute approximate surface area is 119 Å². The number of nitrogens with zero attached hydrogens (tertiary/aromatic N) is 1. The summed E-state index contributed by atoms with van der Waals surface area (Å²) in [4.78, 5) is 47.7. The average Bonchev–Trinajstić information content (AvgIpc) is 2.76. The molecule has 114 valence electrons. The third kappa shape index (κ3) is 3.04. The highest BCUT2D eigenvalue weighted by atomic mass is 16.4. The van der Waals surface area contributed by atoms with Crippen LogP contribution in [0.25, 0.3) is 0 Å². The van der Waals surface area contributed by atoms with Gasteiger partial charge in [0.1, 0.15) is 6.54 Å². The molecule has 0 spiro atoms. The van der Waals surface area contributed by atoms with Crippen LogP contribution in [0.3, 0.4) is 0 Å². The quantitative estimate of drug-likeness (QED) is 0.678. The molecule has 2 unspecified atom stereocenters. The minimum atomic E-state index is -0.981. The van der Waals surface area contributed by atoms with Crippen molar-refractivity contribution in [1.29, 1.82) is 0 Å². The summed E-state index contributed by atoms with van der Waals surface area (Å²) in [6.07, 6.45) is 3.05. The highest BCUT2D eigenvalue weighted by Crippen LogP contribution is 2.38. The van der Waals surface area contributed by atoms with Gasteiger partial charge >= 0.3 is 11.7 Å². The Morgan fingerprint density at radius 3 is 2.86 bits per heavy atom. The van der Waals surface area contributed by atoms with Gasteiger partial charge in [0.15, 0.2) is 0 Å². The molecule has 1 aliphatic rings. The molecule has 1 aromatic rings. The van der Waals surface area contributed by atoms with E-state index in [1.807, 2.05) is 4.98 Å². The molecule has 3 N–H and O–H groups in total. The van der Waals surface area contributed by atoms with E-state index in [0.717, 1.165) is 17.1 Å². The van der Waals surface area contributed by atoms with Crippen molar-refractivity contribution in [2.75, 3.05) is 0 Å². The van der Waals surface area contributed by atoms with E-state index in [4.69, 9.17) is 0 Å². The van der Waals surface area contributed by atoms with Crippen LogP contribution in [0.2, 0.25) is 0 Å². The van der Waals surface area contributed by atoms with Crippen molar-refractivity contribution in [1.82, 2.24) is 14.9 Å². The summed E-state index contributed by atoms with van der Waals surface area (Å²) < 4.78 is 1.06. The third-order valence-corrected chi connectivity index (χ3v) is 3.99. The van der Waals surface area contributed by atoms with Crippen LogP contribution in [-0.2, 0) is 16.1 Å². The van der Waals surface area contributed by atoms with Gasteiger partial charge in [0, 0.05) is 18.3 Å². The summed E-state index contributed by atoms with van der Waals surface area (Å²) >= 11 is 0. The van der Waals surface area contributed by atoms with Gasteiger partial charge in [-0.05, 0) is 19.8 Å². The molecule has 2 rings (SSSR count). The number of rotatable bonds is 4. The van der Waals surface area contributed by atoms with Crippen LogP contribution in [0.5, 0.6) is 0 Å². The zero-order valence-corrected chi connectivity index (χ0v) is 11.6. The number of carboxylic acid groups (broad SMARTS) is 1. The molecule has 2 atom stereocenters. The SMILES string of the molecule is CC1(C(=O)O)CCCC1NC(=O)Cn1ccc(=O)[nH]c1=O. The zero-order valence-electron chi connectivity index (χ0n) is 11.6. The maximum Gasteiger partial charge on any atom is 0.328 e. The lowest BCUT2D eigenvalue weighted by atomic mass is 9.85. The maximum absolute atomic E-state index is 12.0. The van der Waals surface area contributed by atoms with Crippen LogP contribution in [0.1, 0.15) is 26.2 Å². The Morgan fingerprint density at radius 1 is 1.52 bits per heavy atom. The fourth-order valence-corrected chi connectivity index (χ4v) is 2.62. The molecule has 1 saturated carbocycles. The van der Waals surface area contributed by atoms with Crippen LogP contribution in [0, 0.1) is 5.41 Å². The molecule has 0 radical (unpaired) electrons. The van der Waals surface area contributed by atoms with Gasteiger partial charge in [0.05, 0.1) is 5.41 Å². The number of amides is 1. The van der Waals surface area contributed by atoms with E-state index in [-0.39, 0.29) is 6.54 Å². The Bertz CT molecular complexity index is 677. The number of H-pyrrole nitrogens is 1. The number of aliphatic carboxylic acids is 1. The fraction of sp³-hybridized carbons (Fsp3) is 0.538. The van der Waals surface area contributed by atoms with Crippen molar-refractivity contribution < 1.29 is 14.7 Å². The summed E-state index contributed by atoms with van der Waals surface area (Å²) in [6.45, 7) is 1.35. The van der Waals surface area contributed by atoms with E-state index in [9.17, 15) is 24.3 Å². The summed E-state index contributed by atoms with van der Waals surface area (Å²) in [5.74, 6) is -1.39. The maximum atomic E-state index is 12.0. The molecule has 1 aromatic heterocycles. The Hall–Kier alpha value is -2.38. The summed E-state index contributed by atoms with van der Waals surface area (Å²) in [6, 6.07) is 0.687. The first-order valence-electron chi connectivity index (χ1n) is 6.65. The smallest absolute Gasteiger partial charge is 0.328 e. The molecule has 1 heterocycles. The van der Waals surface area contributed by atoms with E-state index in [1.165, 1.54) is 6.20 Å². The molecule has 0 aromatic carbocycles. The van der Waals surface area contributed by atoms with Gasteiger partial charge in [-0.1, -0.05) is 6.42 Å². The first-order chi connectivity index (χ1) is 9.83. The number of carbonyl (C=O) groups excluding carboxylic acids is 1. The number of aromatic amines is 1. The predicted molar refractivity (Wildman–Crippen MR) is 72.8 cm³/mol. The number of hydrogen-bond donors (Lipinski definition) is 3. The molecular formula is C13H17N3O5. The molecule has 8 heteroatoms. The normalized spacial score (nSPS) is 24.7. The first kappa shape index (κ1) is 15.0. The second-order valence-electron chi connectivity index (χ2n) is 5.47. The van der Waals surface area contributed by atoms with E-state index in [1.54, 1.807) is 6.92 Å². The van der Waals surface area contributed by atoms with Gasteiger partial charge < -0.3 is 10.4 Å². The lowest BCUT2D eigenvalue weighted by Gasteiger charge is -2.27. The van der Waals surface area contributed by atoms with Gasteiger partial charge in [0.2, 0.25) is 5.91 Å². The third-order valence-electron chi connectivity index (χ3n) is 3.99. The molecule has 1 aliphatic carbocycles.